The molecule has 35 heavy (non-hydrogen) atoms. The zero-order chi connectivity index (χ0) is 25.6. The second kappa shape index (κ2) is 11.6. The van der Waals surface area contributed by atoms with E-state index in [1.54, 1.807) is 30.9 Å². The molecule has 2 aromatic heterocycles. The van der Waals surface area contributed by atoms with E-state index in [0.29, 0.717) is 42.8 Å². The molecule has 1 aliphatic heterocycles. The van der Waals surface area contributed by atoms with Crippen molar-refractivity contribution >= 4 is 36.0 Å². The van der Waals surface area contributed by atoms with Crippen LogP contribution >= 0.6 is 11.3 Å². The number of rotatable bonds is 13. The van der Waals surface area contributed by atoms with Gasteiger partial charge in [-0.1, -0.05) is 25.7 Å². The van der Waals surface area contributed by atoms with Gasteiger partial charge in [-0.15, -0.1) is 16.4 Å². The van der Waals surface area contributed by atoms with Crippen LogP contribution in [-0.2, 0) is 16.2 Å². The summed E-state index contributed by atoms with van der Waals surface area (Å²) in [6.45, 7) is 11.8. The van der Waals surface area contributed by atoms with Gasteiger partial charge in [0.1, 0.15) is 24.2 Å². The number of aromatic nitrogens is 3. The average molecular weight is 521 g/mol. The van der Waals surface area contributed by atoms with Gasteiger partial charge in [-0.2, -0.15) is 0 Å². The predicted octanol–water partition coefficient (Wildman–Crippen LogP) is 3.34. The summed E-state index contributed by atoms with van der Waals surface area (Å²) in [5, 5.41) is 18.2. The average Bonchev–Trinajstić information content (AvgIpc) is 3.37. The number of primary amides is 1. The van der Waals surface area contributed by atoms with Crippen molar-refractivity contribution in [1.82, 2.24) is 14.8 Å². The minimum absolute atomic E-state index is 0.209. The first-order chi connectivity index (χ1) is 16.4. The SMILES string of the molecule is CC(C)(O)COCC1=NC(Nc2sc(-c3ncn(COCC[Si](C)(C)C)n3)cc2C(N)=O)CC=C1. The van der Waals surface area contributed by atoms with Gasteiger partial charge in [0.25, 0.3) is 5.91 Å². The van der Waals surface area contributed by atoms with Crippen LogP contribution in [0, 0.1) is 0 Å². The van der Waals surface area contributed by atoms with Crippen molar-refractivity contribution in [3.63, 3.8) is 0 Å². The fourth-order valence-corrected chi connectivity index (χ4v) is 4.96. The number of nitrogens with zero attached hydrogens (tertiary/aromatic N) is 4. The lowest BCUT2D eigenvalue weighted by Gasteiger charge is -2.20. The monoisotopic (exact) mass is 520 g/mol. The zero-order valence-corrected chi connectivity index (χ0v) is 22.9. The molecule has 0 saturated heterocycles. The molecule has 0 radical (unpaired) electrons. The highest BCUT2D eigenvalue weighted by molar-refractivity contribution is 7.19. The number of aliphatic hydroxyl groups is 1. The number of carbonyl (C=O) groups is 1. The predicted molar refractivity (Wildman–Crippen MR) is 142 cm³/mol. The van der Waals surface area contributed by atoms with Crippen LogP contribution in [0.25, 0.3) is 10.7 Å². The van der Waals surface area contributed by atoms with E-state index in [-0.39, 0.29) is 12.8 Å². The third-order valence-electron chi connectivity index (χ3n) is 4.97. The van der Waals surface area contributed by atoms with E-state index in [1.165, 1.54) is 11.3 Å². The number of hydrogen-bond donors (Lipinski definition) is 3. The van der Waals surface area contributed by atoms with Crippen LogP contribution in [0.4, 0.5) is 5.00 Å². The minimum Gasteiger partial charge on any atom is -0.388 e. The highest BCUT2D eigenvalue weighted by atomic mass is 32.1. The first kappa shape index (κ1) is 27.2. The minimum atomic E-state index is -1.14. The van der Waals surface area contributed by atoms with Gasteiger partial charge in [-0.05, 0) is 32.0 Å². The Morgan fingerprint density at radius 2 is 2.14 bits per heavy atom. The molecule has 0 bridgehead atoms. The van der Waals surface area contributed by atoms with Gasteiger partial charge >= 0.3 is 0 Å². The van der Waals surface area contributed by atoms with E-state index in [2.05, 4.69) is 40.0 Å². The Bertz CT molecular complexity index is 1070. The molecule has 1 amide bonds. The highest BCUT2D eigenvalue weighted by Crippen LogP contribution is 2.34. The van der Waals surface area contributed by atoms with Gasteiger partial charge < -0.3 is 25.6 Å². The van der Waals surface area contributed by atoms with Crippen LogP contribution in [0.2, 0.25) is 25.7 Å². The van der Waals surface area contributed by atoms with E-state index in [4.69, 9.17) is 15.2 Å². The number of dihydropyridines is 1. The van der Waals surface area contributed by atoms with Crippen molar-refractivity contribution < 1.29 is 19.4 Å². The number of nitrogens with one attached hydrogen (secondary N) is 1. The number of aliphatic imine (C=N–C) groups is 1. The van der Waals surface area contributed by atoms with Crippen molar-refractivity contribution in [3.05, 3.63) is 30.1 Å². The van der Waals surface area contributed by atoms with E-state index >= 15 is 0 Å². The summed E-state index contributed by atoms with van der Waals surface area (Å²) >= 11 is 1.36. The topological polar surface area (TPSA) is 137 Å². The van der Waals surface area contributed by atoms with Crippen molar-refractivity contribution in [2.75, 3.05) is 25.1 Å². The first-order valence-corrected chi connectivity index (χ1v) is 16.1. The third kappa shape index (κ3) is 8.97. The quantitative estimate of drug-likeness (QED) is 0.272. The van der Waals surface area contributed by atoms with Gasteiger partial charge in [-0.25, -0.2) is 9.67 Å². The Morgan fingerprint density at radius 1 is 1.37 bits per heavy atom. The number of ether oxygens (including phenoxy) is 2. The maximum atomic E-state index is 12.1. The molecule has 3 heterocycles. The molecule has 1 unspecified atom stereocenters. The number of carbonyl (C=O) groups excluding carboxylic acids is 1. The summed E-state index contributed by atoms with van der Waals surface area (Å²) in [6, 6.07) is 2.79. The van der Waals surface area contributed by atoms with Crippen molar-refractivity contribution in [2.45, 2.75) is 64.5 Å². The molecule has 192 valence electrons. The Balaban J connectivity index is 1.64. The molecule has 0 aliphatic carbocycles. The molecule has 0 saturated carbocycles. The van der Waals surface area contributed by atoms with Crippen LogP contribution in [0.1, 0.15) is 30.6 Å². The second-order valence-corrected chi connectivity index (χ2v) is 17.1. The molecule has 10 nitrogen and oxygen atoms in total. The van der Waals surface area contributed by atoms with Crippen LogP contribution in [0.3, 0.4) is 0 Å². The van der Waals surface area contributed by atoms with Crippen LogP contribution in [0.5, 0.6) is 0 Å². The van der Waals surface area contributed by atoms with Gasteiger partial charge in [0.05, 0.1) is 35.0 Å². The summed E-state index contributed by atoms with van der Waals surface area (Å²) in [7, 11) is -1.14. The third-order valence-corrected chi connectivity index (χ3v) is 7.73. The smallest absolute Gasteiger partial charge is 0.251 e. The Morgan fingerprint density at radius 3 is 2.83 bits per heavy atom. The van der Waals surface area contributed by atoms with Gasteiger partial charge in [-0.3, -0.25) is 9.79 Å². The molecule has 0 fully saturated rings. The summed E-state index contributed by atoms with van der Waals surface area (Å²) in [6.07, 6.45) is 5.91. The molecule has 4 N–H and O–H groups in total. The highest BCUT2D eigenvalue weighted by Gasteiger charge is 2.21. The normalized spacial score (nSPS) is 16.4. The molecule has 1 aliphatic rings. The van der Waals surface area contributed by atoms with Crippen LogP contribution < -0.4 is 11.1 Å². The van der Waals surface area contributed by atoms with Crippen molar-refractivity contribution in [3.8, 4) is 10.7 Å². The Labute approximate surface area is 211 Å². The van der Waals surface area contributed by atoms with Crippen LogP contribution in [0.15, 0.2) is 29.5 Å². The van der Waals surface area contributed by atoms with E-state index in [9.17, 15) is 9.90 Å². The lowest BCUT2D eigenvalue weighted by Crippen LogP contribution is -2.28. The number of anilines is 1. The lowest BCUT2D eigenvalue weighted by molar-refractivity contribution is -0.00954. The number of hydrogen-bond acceptors (Lipinski definition) is 9. The first-order valence-electron chi connectivity index (χ1n) is 11.6. The van der Waals surface area contributed by atoms with Crippen molar-refractivity contribution in [1.29, 1.82) is 0 Å². The van der Waals surface area contributed by atoms with Gasteiger partial charge in [0.15, 0.2) is 5.82 Å². The molecular formula is C23H36N6O4SSi. The number of thiophene rings is 1. The molecule has 3 rings (SSSR count). The summed E-state index contributed by atoms with van der Waals surface area (Å²) in [5.74, 6) is -0.0275. The summed E-state index contributed by atoms with van der Waals surface area (Å²) < 4.78 is 12.9. The second-order valence-electron chi connectivity index (χ2n) is 10.4. The number of amides is 1. The standard InChI is InChI=1S/C23H36N6O4SSi/c1-23(2,31)13-33-12-16-7-6-8-19(26-16)27-22-17(20(24)30)11-18(34-22)21-25-14-29(28-21)15-32-9-10-35(3,4)5/h6-7,11,14,19,27,31H,8-10,12-13,15H2,1-5H3,(H2,24,30). The molecule has 1 atom stereocenters. The zero-order valence-electron chi connectivity index (χ0n) is 21.1. The molecule has 2 aromatic rings. The van der Waals surface area contributed by atoms with E-state index < -0.39 is 19.6 Å². The fourth-order valence-electron chi connectivity index (χ4n) is 3.16. The maximum Gasteiger partial charge on any atom is 0.251 e. The van der Waals surface area contributed by atoms with Crippen molar-refractivity contribution in [2.24, 2.45) is 10.7 Å². The van der Waals surface area contributed by atoms with Gasteiger partial charge in [0, 0.05) is 21.1 Å². The van der Waals surface area contributed by atoms with E-state index in [1.807, 2.05) is 12.2 Å². The largest absolute Gasteiger partial charge is 0.388 e. The molecule has 0 spiro atoms. The molecule has 12 heteroatoms. The maximum absolute atomic E-state index is 12.1. The fraction of sp³-hybridized carbons (Fsp3) is 0.565. The Kier molecular flexibility index (Phi) is 8.99. The summed E-state index contributed by atoms with van der Waals surface area (Å²) in [5.41, 5.74) is 5.86. The summed E-state index contributed by atoms with van der Waals surface area (Å²) in [4.78, 5) is 21.9. The van der Waals surface area contributed by atoms with E-state index in [0.717, 1.165) is 16.6 Å². The Hall–Kier alpha value is -2.38. The molecule has 0 aromatic carbocycles. The van der Waals surface area contributed by atoms with Gasteiger partial charge in [0.2, 0.25) is 0 Å². The lowest BCUT2D eigenvalue weighted by atomic mass is 10.1. The van der Waals surface area contributed by atoms with Crippen LogP contribution in [-0.4, -0.2) is 71.2 Å². The number of nitrogens with two attached hydrogens (primary N) is 1. The molecular weight excluding hydrogens is 484 g/mol.